The SMILES string of the molecule is Cc1cn([C@@H]2O[C@@]3(CO)COC2C3COCc2ccccc2)c(=O)[nH]c1=O. The summed E-state index contributed by atoms with van der Waals surface area (Å²) in [6.07, 6.45) is 0.290. The molecule has 8 nitrogen and oxygen atoms in total. The average Bonchev–Trinajstić information content (AvgIpc) is 3.18. The van der Waals surface area contributed by atoms with Gasteiger partial charge >= 0.3 is 5.69 Å². The number of hydrogen-bond donors (Lipinski definition) is 2. The van der Waals surface area contributed by atoms with Crippen LogP contribution in [-0.4, -0.2) is 46.2 Å². The van der Waals surface area contributed by atoms with Crippen molar-refractivity contribution >= 4 is 0 Å². The van der Waals surface area contributed by atoms with Crippen molar-refractivity contribution in [3.8, 4) is 0 Å². The van der Waals surface area contributed by atoms with E-state index in [9.17, 15) is 14.7 Å². The summed E-state index contributed by atoms with van der Waals surface area (Å²) in [6.45, 7) is 2.38. The summed E-state index contributed by atoms with van der Waals surface area (Å²) >= 11 is 0. The van der Waals surface area contributed by atoms with E-state index in [1.165, 1.54) is 10.8 Å². The fraction of sp³-hybridized carbons (Fsp3) is 0.474. The molecule has 1 aromatic carbocycles. The first-order chi connectivity index (χ1) is 13.0. The quantitative estimate of drug-likeness (QED) is 0.756. The minimum atomic E-state index is -0.921. The highest BCUT2D eigenvalue weighted by Crippen LogP contribution is 2.48. The monoisotopic (exact) mass is 374 g/mol. The molecule has 0 radical (unpaired) electrons. The van der Waals surface area contributed by atoms with Gasteiger partial charge in [-0.3, -0.25) is 14.3 Å². The molecule has 0 spiro atoms. The highest BCUT2D eigenvalue weighted by Gasteiger charge is 2.61. The Morgan fingerprint density at radius 3 is 2.85 bits per heavy atom. The normalized spacial score (nSPS) is 29.3. The van der Waals surface area contributed by atoms with E-state index in [-0.39, 0.29) is 19.1 Å². The van der Waals surface area contributed by atoms with Gasteiger partial charge in [-0.15, -0.1) is 0 Å². The Bertz CT molecular complexity index is 924. The Balaban J connectivity index is 1.54. The van der Waals surface area contributed by atoms with Crippen molar-refractivity contribution < 1.29 is 19.3 Å². The second kappa shape index (κ2) is 7.05. The second-order valence-corrected chi connectivity index (χ2v) is 7.09. The van der Waals surface area contributed by atoms with Crippen LogP contribution in [0.4, 0.5) is 0 Å². The molecule has 3 heterocycles. The third kappa shape index (κ3) is 3.14. The van der Waals surface area contributed by atoms with Gasteiger partial charge in [0.1, 0.15) is 11.7 Å². The molecule has 2 N–H and O–H groups in total. The van der Waals surface area contributed by atoms with Gasteiger partial charge in [0.05, 0.1) is 26.4 Å². The van der Waals surface area contributed by atoms with Crippen LogP contribution in [0.3, 0.4) is 0 Å². The lowest BCUT2D eigenvalue weighted by molar-refractivity contribution is -0.186. The van der Waals surface area contributed by atoms with Crippen LogP contribution in [0.15, 0.2) is 46.1 Å². The molecule has 1 aromatic heterocycles. The lowest BCUT2D eigenvalue weighted by atomic mass is 9.90. The predicted octanol–water partition coefficient (Wildman–Crippen LogP) is 0.337. The summed E-state index contributed by atoms with van der Waals surface area (Å²) in [5, 5.41) is 9.96. The molecular weight excluding hydrogens is 352 g/mol. The number of fused-ring (bicyclic) bond motifs is 2. The second-order valence-electron chi connectivity index (χ2n) is 7.09. The molecule has 144 valence electrons. The Morgan fingerprint density at radius 1 is 1.33 bits per heavy atom. The molecule has 2 bridgehead atoms. The highest BCUT2D eigenvalue weighted by molar-refractivity contribution is 5.14. The fourth-order valence-corrected chi connectivity index (χ4v) is 3.78. The number of aromatic amines is 1. The van der Waals surface area contributed by atoms with Gasteiger partial charge in [-0.25, -0.2) is 4.79 Å². The van der Waals surface area contributed by atoms with E-state index in [4.69, 9.17) is 14.2 Å². The Kier molecular flexibility index (Phi) is 4.73. The minimum absolute atomic E-state index is 0.227. The zero-order valence-corrected chi connectivity index (χ0v) is 15.0. The molecule has 2 fully saturated rings. The van der Waals surface area contributed by atoms with Gasteiger partial charge in [0.15, 0.2) is 6.23 Å². The van der Waals surface area contributed by atoms with E-state index in [1.54, 1.807) is 6.92 Å². The molecule has 2 unspecified atom stereocenters. The van der Waals surface area contributed by atoms with Crippen molar-refractivity contribution in [2.75, 3.05) is 19.8 Å². The maximum absolute atomic E-state index is 12.2. The van der Waals surface area contributed by atoms with Crippen molar-refractivity contribution in [1.82, 2.24) is 9.55 Å². The number of rotatable bonds is 6. The molecule has 0 amide bonds. The predicted molar refractivity (Wildman–Crippen MR) is 95.3 cm³/mol. The molecular formula is C19H22N2O6. The molecule has 2 aromatic rings. The smallest absolute Gasteiger partial charge is 0.330 e. The lowest BCUT2D eigenvalue weighted by Gasteiger charge is -2.30. The van der Waals surface area contributed by atoms with Crippen LogP contribution in [0.5, 0.6) is 0 Å². The number of hydrogen-bond acceptors (Lipinski definition) is 6. The zero-order valence-electron chi connectivity index (χ0n) is 15.0. The maximum Gasteiger partial charge on any atom is 0.330 e. The molecule has 4 rings (SSSR count). The minimum Gasteiger partial charge on any atom is -0.393 e. The van der Waals surface area contributed by atoms with Crippen molar-refractivity contribution in [1.29, 1.82) is 0 Å². The maximum atomic E-state index is 12.2. The number of aliphatic hydroxyl groups excluding tert-OH is 1. The van der Waals surface area contributed by atoms with Crippen LogP contribution in [0.25, 0.3) is 0 Å². The Morgan fingerprint density at radius 2 is 2.11 bits per heavy atom. The van der Waals surface area contributed by atoms with Crippen LogP contribution in [0.2, 0.25) is 0 Å². The van der Waals surface area contributed by atoms with Gasteiger partial charge in [0.25, 0.3) is 5.56 Å². The van der Waals surface area contributed by atoms with E-state index in [0.717, 1.165) is 5.56 Å². The number of ether oxygens (including phenoxy) is 3. The van der Waals surface area contributed by atoms with Crippen LogP contribution >= 0.6 is 0 Å². The summed E-state index contributed by atoms with van der Waals surface area (Å²) in [6, 6.07) is 9.78. The summed E-state index contributed by atoms with van der Waals surface area (Å²) in [7, 11) is 0. The van der Waals surface area contributed by atoms with Gasteiger partial charge in [0.2, 0.25) is 0 Å². The van der Waals surface area contributed by atoms with E-state index < -0.39 is 29.2 Å². The average molecular weight is 374 g/mol. The first kappa shape index (κ1) is 18.1. The van der Waals surface area contributed by atoms with Gasteiger partial charge in [0, 0.05) is 17.7 Å². The van der Waals surface area contributed by atoms with Crippen LogP contribution < -0.4 is 11.2 Å². The first-order valence-electron chi connectivity index (χ1n) is 8.88. The molecule has 27 heavy (non-hydrogen) atoms. The largest absolute Gasteiger partial charge is 0.393 e. The fourth-order valence-electron chi connectivity index (χ4n) is 3.78. The van der Waals surface area contributed by atoms with Gasteiger partial charge in [-0.2, -0.15) is 0 Å². The summed E-state index contributed by atoms with van der Waals surface area (Å²) < 4.78 is 19.1. The lowest BCUT2D eigenvalue weighted by Crippen LogP contribution is -2.44. The molecule has 8 heteroatoms. The summed E-state index contributed by atoms with van der Waals surface area (Å²) in [4.78, 5) is 26.1. The number of nitrogens with one attached hydrogen (secondary N) is 1. The number of nitrogens with zero attached hydrogens (tertiary/aromatic N) is 1. The van der Waals surface area contributed by atoms with Crippen molar-refractivity contribution in [3.05, 3.63) is 68.5 Å². The molecule has 2 saturated heterocycles. The number of aryl methyl sites for hydroxylation is 1. The number of aliphatic hydroxyl groups is 1. The van der Waals surface area contributed by atoms with E-state index >= 15 is 0 Å². The van der Waals surface area contributed by atoms with Gasteiger partial charge < -0.3 is 19.3 Å². The van der Waals surface area contributed by atoms with Crippen LogP contribution in [0.1, 0.15) is 17.4 Å². The topological polar surface area (TPSA) is 103 Å². The van der Waals surface area contributed by atoms with E-state index in [0.29, 0.717) is 18.8 Å². The number of H-pyrrole nitrogens is 1. The van der Waals surface area contributed by atoms with E-state index in [1.807, 2.05) is 30.3 Å². The van der Waals surface area contributed by atoms with Crippen molar-refractivity contribution in [2.45, 2.75) is 31.5 Å². The van der Waals surface area contributed by atoms with Crippen molar-refractivity contribution in [3.63, 3.8) is 0 Å². The molecule has 0 aliphatic carbocycles. The molecule has 2 aliphatic rings. The summed E-state index contributed by atoms with van der Waals surface area (Å²) in [5.74, 6) is -0.227. The first-order valence-corrected chi connectivity index (χ1v) is 8.88. The highest BCUT2D eigenvalue weighted by atomic mass is 16.6. The third-order valence-electron chi connectivity index (χ3n) is 5.33. The summed E-state index contributed by atoms with van der Waals surface area (Å²) in [5.41, 5.74) is -0.471. The van der Waals surface area contributed by atoms with Crippen LogP contribution in [-0.2, 0) is 20.8 Å². The van der Waals surface area contributed by atoms with Crippen molar-refractivity contribution in [2.24, 2.45) is 5.92 Å². The van der Waals surface area contributed by atoms with E-state index in [2.05, 4.69) is 4.98 Å². The number of aromatic nitrogens is 2. The third-order valence-corrected chi connectivity index (χ3v) is 5.33. The molecule has 4 atom stereocenters. The van der Waals surface area contributed by atoms with Crippen LogP contribution in [0, 0.1) is 12.8 Å². The Labute approximate surface area is 155 Å². The number of benzene rings is 1. The standard InChI is InChI=1S/C19H22N2O6/c1-12-7-21(18(24)20-16(12)23)17-15-14(19(10-22,27-17)11-26-15)9-25-8-13-5-3-2-4-6-13/h2-7,14-15,17,22H,8-11H2,1H3,(H,20,23,24)/t14?,15?,17-,19+/m1/s1. The molecule has 2 aliphatic heterocycles. The zero-order chi connectivity index (χ0) is 19.0. The molecule has 0 saturated carbocycles. The Hall–Kier alpha value is -2.26. The van der Waals surface area contributed by atoms with Gasteiger partial charge in [-0.1, -0.05) is 30.3 Å². The van der Waals surface area contributed by atoms with Gasteiger partial charge in [-0.05, 0) is 12.5 Å².